The van der Waals surface area contributed by atoms with Gasteiger partial charge < -0.3 is 24.7 Å². The first-order valence-electron chi connectivity index (χ1n) is 12.1. The van der Waals surface area contributed by atoms with Gasteiger partial charge in [-0.1, -0.05) is 17.7 Å². The normalized spacial score (nSPS) is 27.7. The summed E-state index contributed by atoms with van der Waals surface area (Å²) in [5, 5.41) is 11.0. The number of hydrogen-bond acceptors (Lipinski definition) is 6. The van der Waals surface area contributed by atoms with Crippen LogP contribution in [0.1, 0.15) is 51.2 Å². The molecule has 0 radical (unpaired) electrons. The van der Waals surface area contributed by atoms with Gasteiger partial charge in [0.1, 0.15) is 17.2 Å². The van der Waals surface area contributed by atoms with Gasteiger partial charge in [-0.15, -0.1) is 0 Å². The van der Waals surface area contributed by atoms with Gasteiger partial charge >= 0.3 is 7.82 Å². The zero-order valence-electron chi connectivity index (χ0n) is 20.2. The molecule has 2 aromatic rings. The Morgan fingerprint density at radius 1 is 1.24 bits per heavy atom. The third-order valence-corrected chi connectivity index (χ3v) is 9.49. The lowest BCUT2D eigenvalue weighted by Crippen LogP contribution is -2.54. The van der Waals surface area contributed by atoms with Gasteiger partial charge in [-0.2, -0.15) is 0 Å². The highest BCUT2D eigenvalue weighted by molar-refractivity contribution is 7.46. The number of carbonyl (C=O) groups is 2. The zero-order valence-corrected chi connectivity index (χ0v) is 21.8. The summed E-state index contributed by atoms with van der Waals surface area (Å²) < 4.78 is 31.2. The summed E-state index contributed by atoms with van der Waals surface area (Å²) >= 11 is 5.86. The number of pyridine rings is 1. The molecule has 6 rings (SSSR count). The predicted molar refractivity (Wildman–Crippen MR) is 130 cm³/mol. The Labute approximate surface area is 220 Å². The number of hydrogen-bond donors (Lipinski definition) is 3. The second kappa shape index (κ2) is 8.12. The standard InChI is InChI=1S/C24H24ClFN3O8P/c1-27-21(32)18-14-5-7-28(10-12-2-3-16(26)15(25)8-12)20(31)17(14)19(30)22(33)29(18)24(27)6-4-13-9-23(13,24)11-37-38(34,35)36/h2-3,8,13,30H,4-7,9-11H2,1H3,(H2,34,35,36)/t13-,23-,24+/m1/s1. The summed E-state index contributed by atoms with van der Waals surface area (Å²) in [6.45, 7) is -0.140. The van der Waals surface area contributed by atoms with Crippen LogP contribution in [0.3, 0.4) is 0 Å². The van der Waals surface area contributed by atoms with E-state index in [9.17, 15) is 38.2 Å². The monoisotopic (exact) mass is 567 g/mol. The van der Waals surface area contributed by atoms with Crippen LogP contribution in [0.2, 0.25) is 5.02 Å². The van der Waals surface area contributed by atoms with Gasteiger partial charge in [-0.25, -0.2) is 8.96 Å². The van der Waals surface area contributed by atoms with Gasteiger partial charge in [-0.05, 0) is 49.3 Å². The van der Waals surface area contributed by atoms with Crippen LogP contribution >= 0.6 is 19.4 Å². The number of aromatic nitrogens is 1. The van der Waals surface area contributed by atoms with Gasteiger partial charge in [0.15, 0.2) is 5.75 Å². The third kappa shape index (κ3) is 3.31. The molecule has 2 aliphatic carbocycles. The quantitative estimate of drug-likeness (QED) is 0.466. The van der Waals surface area contributed by atoms with Crippen LogP contribution in [-0.4, -0.2) is 61.3 Å². The second-order valence-electron chi connectivity index (χ2n) is 10.5. The molecule has 3 heterocycles. The van der Waals surface area contributed by atoms with E-state index in [4.69, 9.17) is 16.1 Å². The van der Waals surface area contributed by atoms with E-state index in [1.54, 1.807) is 0 Å². The summed E-state index contributed by atoms with van der Waals surface area (Å²) in [7, 11) is -3.30. The summed E-state index contributed by atoms with van der Waals surface area (Å²) in [6.07, 6.45) is 1.59. The number of nitrogens with zero attached hydrogens (tertiary/aromatic N) is 3. The maximum absolute atomic E-state index is 13.7. The number of amides is 2. The highest BCUT2D eigenvalue weighted by atomic mass is 35.5. The Morgan fingerprint density at radius 3 is 2.63 bits per heavy atom. The summed E-state index contributed by atoms with van der Waals surface area (Å²) in [5.41, 5.74) is -2.55. The largest absolute Gasteiger partial charge is 0.502 e. The van der Waals surface area contributed by atoms with Crippen molar-refractivity contribution in [3.8, 4) is 5.75 Å². The van der Waals surface area contributed by atoms with Gasteiger partial charge in [-0.3, -0.25) is 23.5 Å². The van der Waals surface area contributed by atoms with Crippen LogP contribution in [0.4, 0.5) is 4.39 Å². The third-order valence-electron chi connectivity index (χ3n) is 8.74. The van der Waals surface area contributed by atoms with Crippen LogP contribution in [-0.2, 0) is 27.7 Å². The second-order valence-corrected chi connectivity index (χ2v) is 12.1. The molecule has 0 saturated heterocycles. The molecule has 4 aliphatic rings. The van der Waals surface area contributed by atoms with Crippen molar-refractivity contribution in [2.24, 2.45) is 11.3 Å². The molecule has 14 heteroatoms. The molecule has 0 unspecified atom stereocenters. The van der Waals surface area contributed by atoms with E-state index in [1.165, 1.54) is 39.6 Å². The molecule has 202 valence electrons. The van der Waals surface area contributed by atoms with Crippen LogP contribution in [0.25, 0.3) is 0 Å². The van der Waals surface area contributed by atoms with Crippen LogP contribution in [0.5, 0.6) is 5.75 Å². The van der Waals surface area contributed by atoms with Crippen molar-refractivity contribution in [3.05, 3.63) is 61.8 Å². The molecular weight excluding hydrogens is 544 g/mol. The van der Waals surface area contributed by atoms with E-state index >= 15 is 0 Å². The predicted octanol–water partition coefficient (Wildman–Crippen LogP) is 2.19. The average molecular weight is 568 g/mol. The van der Waals surface area contributed by atoms with Crippen molar-refractivity contribution in [1.82, 2.24) is 14.4 Å². The van der Waals surface area contributed by atoms with Gasteiger partial charge in [0.25, 0.3) is 17.4 Å². The van der Waals surface area contributed by atoms with Crippen molar-refractivity contribution in [1.29, 1.82) is 0 Å². The number of benzene rings is 1. The number of halogens is 2. The Kier molecular flexibility index (Phi) is 5.45. The number of aromatic hydroxyl groups is 1. The number of phosphoric acid groups is 1. The van der Waals surface area contributed by atoms with Crippen molar-refractivity contribution >= 4 is 31.2 Å². The first kappa shape index (κ1) is 25.5. The van der Waals surface area contributed by atoms with E-state index < -0.39 is 47.8 Å². The molecular formula is C24H24ClFN3O8P. The first-order valence-corrected chi connectivity index (χ1v) is 14.0. The first-order chi connectivity index (χ1) is 17.8. The fourth-order valence-electron chi connectivity index (χ4n) is 6.96. The smallest absolute Gasteiger partial charge is 0.469 e. The van der Waals surface area contributed by atoms with Crippen LogP contribution < -0.4 is 5.56 Å². The number of phosphoric ester groups is 1. The molecule has 38 heavy (non-hydrogen) atoms. The highest BCUT2D eigenvalue weighted by Crippen LogP contribution is 2.73. The molecule has 1 spiro atoms. The van der Waals surface area contributed by atoms with Crippen LogP contribution in [0.15, 0.2) is 23.0 Å². The molecule has 2 amide bonds. The Balaban J connectivity index is 1.44. The highest BCUT2D eigenvalue weighted by Gasteiger charge is 2.76. The molecule has 3 atom stereocenters. The lowest BCUT2D eigenvalue weighted by molar-refractivity contribution is -0.0162. The molecule has 1 aromatic carbocycles. The maximum Gasteiger partial charge on any atom is 0.469 e. The van der Waals surface area contributed by atoms with Crippen molar-refractivity contribution in [2.75, 3.05) is 20.2 Å². The van der Waals surface area contributed by atoms with E-state index in [2.05, 4.69) is 0 Å². The van der Waals surface area contributed by atoms with Gasteiger partial charge in [0.2, 0.25) is 0 Å². The molecule has 2 aliphatic heterocycles. The fraction of sp³-hybridized carbons (Fsp3) is 0.458. The minimum atomic E-state index is -4.82. The summed E-state index contributed by atoms with van der Waals surface area (Å²) in [6, 6.07) is 4.06. The Bertz CT molecular complexity index is 1540. The van der Waals surface area contributed by atoms with E-state index in [1.807, 2.05) is 0 Å². The summed E-state index contributed by atoms with van der Waals surface area (Å²) in [4.78, 5) is 62.3. The molecule has 11 nitrogen and oxygen atoms in total. The van der Waals surface area contributed by atoms with E-state index in [0.717, 1.165) is 0 Å². The lowest BCUT2D eigenvalue weighted by Gasteiger charge is -2.42. The summed E-state index contributed by atoms with van der Waals surface area (Å²) in [5.74, 6) is -2.56. The number of carbonyl (C=O) groups excluding carboxylic acids is 2. The van der Waals surface area contributed by atoms with Gasteiger partial charge in [0.05, 0.1) is 17.2 Å². The fourth-order valence-corrected chi connectivity index (χ4v) is 7.56. The number of fused-ring (bicyclic) bond motifs is 6. The molecule has 2 saturated carbocycles. The average Bonchev–Trinajstić information content (AvgIpc) is 3.43. The minimum Gasteiger partial charge on any atom is -0.502 e. The zero-order chi connectivity index (χ0) is 27.4. The topological polar surface area (TPSA) is 150 Å². The Hall–Kier alpha value is -2.76. The minimum absolute atomic E-state index is 0.00577. The molecule has 1 aromatic heterocycles. The maximum atomic E-state index is 13.7. The molecule has 3 N–H and O–H groups in total. The Morgan fingerprint density at radius 2 is 1.97 bits per heavy atom. The van der Waals surface area contributed by atoms with Crippen molar-refractivity contribution < 1.29 is 38.0 Å². The van der Waals surface area contributed by atoms with E-state index in [-0.39, 0.29) is 53.9 Å². The van der Waals surface area contributed by atoms with Crippen molar-refractivity contribution in [2.45, 2.75) is 37.9 Å². The van der Waals surface area contributed by atoms with E-state index in [0.29, 0.717) is 24.8 Å². The van der Waals surface area contributed by atoms with Crippen molar-refractivity contribution in [3.63, 3.8) is 0 Å². The SMILES string of the molecule is CN1C(=O)c2c3c(c(O)c(=O)n2[C@]12CC[C@@H]1C[C@@]12COP(=O)(O)O)C(=O)N(Cc1ccc(F)c(Cl)c1)CC3. The van der Waals surface area contributed by atoms with Gasteiger partial charge in [0, 0.05) is 31.1 Å². The number of rotatable bonds is 5. The van der Waals surface area contributed by atoms with Crippen LogP contribution in [0, 0.1) is 17.2 Å². The molecule has 2 fully saturated rings. The lowest BCUT2D eigenvalue weighted by atomic mass is 9.89. The molecule has 0 bridgehead atoms.